The first-order valence-corrected chi connectivity index (χ1v) is 5.23. The molecule has 6 heteroatoms. The van der Waals surface area contributed by atoms with Crippen molar-refractivity contribution in [1.82, 2.24) is 0 Å². The maximum atomic E-state index is 13.4. The summed E-state index contributed by atoms with van der Waals surface area (Å²) < 4.78 is 39.7. The molecular weight excluding hydrogens is 259 g/mol. The summed E-state index contributed by atoms with van der Waals surface area (Å²) in [6.45, 7) is 0. The Labute approximate surface area is 106 Å². The molecule has 98 valence electrons. The lowest BCUT2D eigenvalue weighted by Gasteiger charge is -2.08. The van der Waals surface area contributed by atoms with Crippen molar-refractivity contribution >= 4 is 11.6 Å². The average Bonchev–Trinajstić information content (AvgIpc) is 2.35. The Morgan fingerprint density at radius 1 is 1.00 bits per heavy atom. The number of phenolic OH excluding ortho intramolecular Hbond substituents is 1. The molecule has 2 rings (SSSR count). The maximum Gasteiger partial charge on any atom is 0.262 e. The Kier molecular flexibility index (Phi) is 3.41. The van der Waals surface area contributed by atoms with Crippen LogP contribution in [0.25, 0.3) is 0 Å². The molecule has 0 radical (unpaired) electrons. The molecule has 0 saturated heterocycles. The van der Waals surface area contributed by atoms with E-state index in [9.17, 15) is 23.1 Å². The Hall–Kier alpha value is -2.50. The molecule has 2 aromatic rings. The number of hydrogen-bond acceptors (Lipinski definition) is 2. The second kappa shape index (κ2) is 5.01. The highest BCUT2D eigenvalue weighted by Crippen LogP contribution is 2.23. The second-order valence-electron chi connectivity index (χ2n) is 3.69. The van der Waals surface area contributed by atoms with Crippen LogP contribution in [0.4, 0.5) is 18.9 Å². The minimum Gasteiger partial charge on any atom is -0.507 e. The zero-order valence-electron chi connectivity index (χ0n) is 9.45. The quantitative estimate of drug-likeness (QED) is 0.878. The number of rotatable bonds is 2. The standard InChI is InChI=1S/C13H8F3NO2/c14-7-3-2-6-10(18)11(7)13(19)17-9-5-1-4-8(15)12(9)16/h1-6,18H,(H,17,19). The second-order valence-corrected chi connectivity index (χ2v) is 3.69. The van der Waals surface area contributed by atoms with E-state index in [1.54, 1.807) is 0 Å². The summed E-state index contributed by atoms with van der Waals surface area (Å²) in [5.74, 6) is -5.02. The number of carbonyl (C=O) groups is 1. The van der Waals surface area contributed by atoms with Crippen molar-refractivity contribution in [2.24, 2.45) is 0 Å². The van der Waals surface area contributed by atoms with Crippen molar-refractivity contribution in [3.8, 4) is 5.75 Å². The van der Waals surface area contributed by atoms with Crippen LogP contribution in [0.2, 0.25) is 0 Å². The molecule has 0 spiro atoms. The zero-order valence-corrected chi connectivity index (χ0v) is 9.45. The summed E-state index contributed by atoms with van der Waals surface area (Å²) in [5.41, 5.74) is -1.07. The highest BCUT2D eigenvalue weighted by Gasteiger charge is 2.18. The predicted octanol–water partition coefficient (Wildman–Crippen LogP) is 3.06. The van der Waals surface area contributed by atoms with Crippen molar-refractivity contribution in [3.63, 3.8) is 0 Å². The van der Waals surface area contributed by atoms with Gasteiger partial charge in [0.2, 0.25) is 0 Å². The van der Waals surface area contributed by atoms with Gasteiger partial charge < -0.3 is 10.4 Å². The number of nitrogens with one attached hydrogen (secondary N) is 1. The van der Waals surface area contributed by atoms with Gasteiger partial charge in [0.25, 0.3) is 5.91 Å². The molecule has 19 heavy (non-hydrogen) atoms. The summed E-state index contributed by atoms with van der Waals surface area (Å²) in [6.07, 6.45) is 0. The smallest absolute Gasteiger partial charge is 0.262 e. The monoisotopic (exact) mass is 267 g/mol. The fraction of sp³-hybridized carbons (Fsp3) is 0. The summed E-state index contributed by atoms with van der Waals surface area (Å²) in [4.78, 5) is 11.7. The molecule has 0 aliphatic heterocycles. The third kappa shape index (κ3) is 2.52. The molecule has 0 aliphatic rings. The van der Waals surface area contributed by atoms with E-state index >= 15 is 0 Å². The van der Waals surface area contributed by atoms with E-state index in [4.69, 9.17) is 0 Å². The van der Waals surface area contributed by atoms with Gasteiger partial charge in [-0.2, -0.15) is 0 Å². The van der Waals surface area contributed by atoms with E-state index in [0.717, 1.165) is 24.3 Å². The Morgan fingerprint density at radius 2 is 1.63 bits per heavy atom. The van der Waals surface area contributed by atoms with Crippen LogP contribution in [0.15, 0.2) is 36.4 Å². The zero-order chi connectivity index (χ0) is 14.0. The lowest BCUT2D eigenvalue weighted by Crippen LogP contribution is -2.15. The molecule has 0 bridgehead atoms. The fourth-order valence-electron chi connectivity index (χ4n) is 1.52. The van der Waals surface area contributed by atoms with Gasteiger partial charge in [-0.15, -0.1) is 0 Å². The van der Waals surface area contributed by atoms with Crippen LogP contribution >= 0.6 is 0 Å². The van der Waals surface area contributed by atoms with Crippen LogP contribution in [0.5, 0.6) is 5.75 Å². The number of aromatic hydroxyl groups is 1. The molecule has 0 fully saturated rings. The fourth-order valence-corrected chi connectivity index (χ4v) is 1.52. The topological polar surface area (TPSA) is 49.3 Å². The highest BCUT2D eigenvalue weighted by atomic mass is 19.2. The molecule has 2 aromatic carbocycles. The summed E-state index contributed by atoms with van der Waals surface area (Å²) >= 11 is 0. The first kappa shape index (κ1) is 12.9. The van der Waals surface area contributed by atoms with Crippen molar-refractivity contribution in [2.45, 2.75) is 0 Å². The Morgan fingerprint density at radius 3 is 2.32 bits per heavy atom. The van der Waals surface area contributed by atoms with E-state index in [-0.39, 0.29) is 0 Å². The van der Waals surface area contributed by atoms with Gasteiger partial charge in [0.15, 0.2) is 11.6 Å². The van der Waals surface area contributed by atoms with E-state index in [0.29, 0.717) is 0 Å². The molecule has 0 heterocycles. The average molecular weight is 267 g/mol. The van der Waals surface area contributed by atoms with Gasteiger partial charge in [-0.3, -0.25) is 4.79 Å². The van der Waals surface area contributed by atoms with Crippen LogP contribution < -0.4 is 5.32 Å². The molecule has 0 aromatic heterocycles. The summed E-state index contributed by atoms with van der Waals surface area (Å²) in [7, 11) is 0. The van der Waals surface area contributed by atoms with Gasteiger partial charge in [0, 0.05) is 0 Å². The summed E-state index contributed by atoms with van der Waals surface area (Å²) in [6, 6.07) is 6.48. The number of hydrogen-bond donors (Lipinski definition) is 2. The SMILES string of the molecule is O=C(Nc1cccc(F)c1F)c1c(O)cccc1F. The molecule has 0 aliphatic carbocycles. The number of benzene rings is 2. The molecule has 0 unspecified atom stereocenters. The van der Waals surface area contributed by atoms with Crippen LogP contribution in [-0.2, 0) is 0 Å². The molecule has 0 atom stereocenters. The van der Waals surface area contributed by atoms with Gasteiger partial charge in [-0.25, -0.2) is 13.2 Å². The third-order valence-electron chi connectivity index (χ3n) is 2.42. The number of amides is 1. The maximum absolute atomic E-state index is 13.4. The van der Waals surface area contributed by atoms with Crippen molar-refractivity contribution in [2.75, 3.05) is 5.32 Å². The number of phenols is 1. The Balaban J connectivity index is 2.34. The van der Waals surface area contributed by atoms with E-state index < -0.39 is 40.4 Å². The van der Waals surface area contributed by atoms with Crippen LogP contribution in [0.1, 0.15) is 10.4 Å². The van der Waals surface area contributed by atoms with Gasteiger partial charge in [0.1, 0.15) is 17.1 Å². The van der Waals surface area contributed by atoms with Crippen LogP contribution in [0, 0.1) is 17.5 Å². The van der Waals surface area contributed by atoms with Crippen molar-refractivity contribution in [3.05, 3.63) is 59.4 Å². The van der Waals surface area contributed by atoms with E-state index in [2.05, 4.69) is 0 Å². The minimum atomic E-state index is -1.26. The van der Waals surface area contributed by atoms with E-state index in [1.165, 1.54) is 12.1 Å². The molecule has 1 amide bonds. The largest absolute Gasteiger partial charge is 0.507 e. The van der Waals surface area contributed by atoms with Gasteiger partial charge in [-0.1, -0.05) is 12.1 Å². The van der Waals surface area contributed by atoms with E-state index in [1.807, 2.05) is 5.32 Å². The number of carbonyl (C=O) groups excluding carboxylic acids is 1. The highest BCUT2D eigenvalue weighted by molar-refractivity contribution is 6.06. The molecule has 3 nitrogen and oxygen atoms in total. The number of anilines is 1. The van der Waals surface area contributed by atoms with Gasteiger partial charge in [0.05, 0.1) is 5.69 Å². The van der Waals surface area contributed by atoms with Gasteiger partial charge in [-0.05, 0) is 24.3 Å². The first-order chi connectivity index (χ1) is 9.00. The summed E-state index contributed by atoms with van der Waals surface area (Å²) in [5, 5.41) is 11.4. The lowest BCUT2D eigenvalue weighted by atomic mass is 10.1. The first-order valence-electron chi connectivity index (χ1n) is 5.23. The van der Waals surface area contributed by atoms with Crippen LogP contribution in [-0.4, -0.2) is 11.0 Å². The van der Waals surface area contributed by atoms with Crippen molar-refractivity contribution in [1.29, 1.82) is 0 Å². The van der Waals surface area contributed by atoms with Gasteiger partial charge >= 0.3 is 0 Å². The predicted molar refractivity (Wildman–Crippen MR) is 62.4 cm³/mol. The number of halogens is 3. The normalized spacial score (nSPS) is 10.3. The molecule has 2 N–H and O–H groups in total. The molecule has 0 saturated carbocycles. The van der Waals surface area contributed by atoms with Crippen LogP contribution in [0.3, 0.4) is 0 Å². The minimum absolute atomic E-state index is 0.437. The Bertz CT molecular complexity index is 624. The van der Waals surface area contributed by atoms with Crippen molar-refractivity contribution < 1.29 is 23.1 Å². The lowest BCUT2D eigenvalue weighted by molar-refractivity contribution is 0.102. The third-order valence-corrected chi connectivity index (χ3v) is 2.42. The molecular formula is C13H8F3NO2.